The Balaban J connectivity index is 1.98. The average molecular weight is 374 g/mol. The van der Waals surface area contributed by atoms with Crippen molar-refractivity contribution in [3.05, 3.63) is 0 Å². The van der Waals surface area contributed by atoms with Gasteiger partial charge in [0.2, 0.25) is 0 Å². The first-order chi connectivity index (χ1) is 10.8. The molecular weight excluding hydrogens is 334 g/mol. The summed E-state index contributed by atoms with van der Waals surface area (Å²) in [6.07, 6.45) is 7.42. The van der Waals surface area contributed by atoms with Gasteiger partial charge >= 0.3 is 0 Å². The molecule has 0 heterocycles. The predicted octanol–water partition coefficient (Wildman–Crippen LogP) is 5.15. The van der Waals surface area contributed by atoms with Crippen molar-refractivity contribution in [1.82, 2.24) is 4.72 Å². The second kappa shape index (κ2) is 6.88. The molecule has 0 aromatic heterocycles. The highest BCUT2D eigenvalue weighted by atomic mass is 32.2. The van der Waals surface area contributed by atoms with E-state index < -0.39 is 19.7 Å². The minimum atomic E-state index is -1.69. The van der Waals surface area contributed by atoms with E-state index in [9.17, 15) is 4.55 Å². The summed E-state index contributed by atoms with van der Waals surface area (Å²) in [4.78, 5) is 0. The van der Waals surface area contributed by atoms with E-state index in [0.29, 0.717) is 6.10 Å². The first kappa shape index (κ1) is 20.8. The van der Waals surface area contributed by atoms with Crippen LogP contribution >= 0.6 is 0 Å². The van der Waals surface area contributed by atoms with Crippen LogP contribution in [0.15, 0.2) is 0 Å². The molecule has 0 saturated heterocycles. The molecular formula is C19H39NO2SSi. The summed E-state index contributed by atoms with van der Waals surface area (Å²) in [5, 5.41) is 0.268. The molecule has 24 heavy (non-hydrogen) atoms. The molecule has 0 aromatic rings. The Bertz CT molecular complexity index is 430. The van der Waals surface area contributed by atoms with Gasteiger partial charge in [0.15, 0.2) is 8.32 Å². The molecule has 1 N–H and O–H groups in total. The molecule has 142 valence electrons. The van der Waals surface area contributed by atoms with Crippen LogP contribution in [0.3, 0.4) is 0 Å². The zero-order valence-electron chi connectivity index (χ0n) is 17.1. The van der Waals surface area contributed by atoms with Crippen molar-refractivity contribution < 1.29 is 8.98 Å². The summed E-state index contributed by atoms with van der Waals surface area (Å²) < 4.78 is 22.7. The number of hydrogen-bond donors (Lipinski definition) is 1. The predicted molar refractivity (Wildman–Crippen MR) is 107 cm³/mol. The molecule has 0 radical (unpaired) electrons. The van der Waals surface area contributed by atoms with Gasteiger partial charge in [0.05, 0.1) is 5.54 Å². The van der Waals surface area contributed by atoms with Crippen molar-refractivity contribution >= 4 is 19.7 Å². The normalized spacial score (nSPS) is 31.1. The van der Waals surface area contributed by atoms with Gasteiger partial charge in [-0.05, 0) is 83.3 Å². The van der Waals surface area contributed by atoms with E-state index in [1.54, 1.807) is 0 Å². The molecule has 0 spiro atoms. The molecule has 3 nitrogen and oxygen atoms in total. The maximum absolute atomic E-state index is 12.7. The molecule has 0 aliphatic heterocycles. The van der Waals surface area contributed by atoms with Crippen molar-refractivity contribution in [2.75, 3.05) is 0 Å². The van der Waals surface area contributed by atoms with Crippen LogP contribution in [0.4, 0.5) is 0 Å². The second-order valence-electron chi connectivity index (χ2n) is 10.5. The van der Waals surface area contributed by atoms with E-state index in [0.717, 1.165) is 31.6 Å². The van der Waals surface area contributed by atoms with Crippen LogP contribution in [0.1, 0.15) is 80.1 Å². The number of rotatable bonds is 5. The van der Waals surface area contributed by atoms with Gasteiger partial charge in [-0.1, -0.05) is 20.8 Å². The monoisotopic (exact) mass is 373 g/mol. The Kier molecular flexibility index (Phi) is 5.95. The van der Waals surface area contributed by atoms with E-state index in [1.807, 2.05) is 0 Å². The minimum Gasteiger partial charge on any atom is -0.598 e. The molecule has 2 fully saturated rings. The van der Waals surface area contributed by atoms with Gasteiger partial charge in [-0.3, -0.25) is 0 Å². The Morgan fingerprint density at radius 2 is 1.50 bits per heavy atom. The van der Waals surface area contributed by atoms with E-state index in [4.69, 9.17) is 4.43 Å². The third-order valence-corrected chi connectivity index (χ3v) is 12.5. The zero-order valence-corrected chi connectivity index (χ0v) is 18.9. The third kappa shape index (κ3) is 4.79. The van der Waals surface area contributed by atoms with Crippen molar-refractivity contribution in [3.63, 3.8) is 0 Å². The largest absolute Gasteiger partial charge is 0.598 e. The third-order valence-electron chi connectivity index (χ3n) is 6.30. The molecule has 0 bridgehead atoms. The van der Waals surface area contributed by atoms with Crippen LogP contribution in [0, 0.1) is 5.92 Å². The zero-order chi connectivity index (χ0) is 18.4. The van der Waals surface area contributed by atoms with Crippen LogP contribution in [-0.4, -0.2) is 29.3 Å². The lowest BCUT2D eigenvalue weighted by molar-refractivity contribution is 0.0906. The molecule has 1 unspecified atom stereocenters. The quantitative estimate of drug-likeness (QED) is 0.535. The van der Waals surface area contributed by atoms with E-state index in [1.165, 1.54) is 12.8 Å². The second-order valence-corrected chi connectivity index (χ2v) is 17.2. The minimum absolute atomic E-state index is 0.0887. The summed E-state index contributed by atoms with van der Waals surface area (Å²) in [7, 11) is -1.69. The molecule has 2 saturated carbocycles. The highest BCUT2D eigenvalue weighted by molar-refractivity contribution is 7.90. The van der Waals surface area contributed by atoms with Crippen LogP contribution in [0.25, 0.3) is 0 Å². The highest BCUT2D eigenvalue weighted by Gasteiger charge is 2.52. The molecule has 0 aromatic carbocycles. The number of nitrogens with one attached hydrogen (secondary N) is 1. The number of hydrogen-bond acceptors (Lipinski definition) is 3. The van der Waals surface area contributed by atoms with Crippen LogP contribution in [0.2, 0.25) is 18.1 Å². The van der Waals surface area contributed by atoms with E-state index in [2.05, 4.69) is 59.4 Å². The van der Waals surface area contributed by atoms with Gasteiger partial charge in [0.25, 0.3) is 0 Å². The summed E-state index contributed by atoms with van der Waals surface area (Å²) in [6, 6.07) is 0. The molecule has 2 aliphatic rings. The Labute approximate surface area is 154 Å². The van der Waals surface area contributed by atoms with Crippen molar-refractivity contribution in [2.24, 2.45) is 5.92 Å². The van der Waals surface area contributed by atoms with Gasteiger partial charge in [-0.2, -0.15) is 0 Å². The van der Waals surface area contributed by atoms with Gasteiger partial charge in [0, 0.05) is 17.5 Å². The lowest BCUT2D eigenvalue weighted by Gasteiger charge is -2.45. The summed E-state index contributed by atoms with van der Waals surface area (Å²) in [5.41, 5.74) is 0.0887. The molecule has 5 heteroatoms. The molecule has 1 atom stereocenters. The van der Waals surface area contributed by atoms with Crippen LogP contribution < -0.4 is 4.72 Å². The van der Waals surface area contributed by atoms with E-state index in [-0.39, 0.29) is 15.3 Å². The summed E-state index contributed by atoms with van der Waals surface area (Å²) in [5.74, 6) is 0.720. The topological polar surface area (TPSA) is 44.3 Å². The first-order valence-corrected chi connectivity index (χ1v) is 13.7. The molecule has 2 aliphatic carbocycles. The van der Waals surface area contributed by atoms with Gasteiger partial charge in [-0.25, -0.2) is 0 Å². The van der Waals surface area contributed by atoms with Gasteiger partial charge in [-0.15, -0.1) is 4.72 Å². The Morgan fingerprint density at radius 1 is 1.00 bits per heavy atom. The van der Waals surface area contributed by atoms with Gasteiger partial charge in [0.1, 0.15) is 4.75 Å². The SMILES string of the molecule is CC(C)(C)[S+]([O-])NC1(C2CC2)CCC(O[Si](C)(C)C(C)(C)C)CC1. The molecule has 2 rings (SSSR count). The van der Waals surface area contributed by atoms with Crippen molar-refractivity contribution in [1.29, 1.82) is 0 Å². The molecule has 0 amide bonds. The Hall–Kier alpha value is 0.447. The lowest BCUT2D eigenvalue weighted by atomic mass is 9.78. The fraction of sp³-hybridized carbons (Fsp3) is 1.00. The summed E-state index contributed by atoms with van der Waals surface area (Å²) in [6.45, 7) is 17.8. The van der Waals surface area contributed by atoms with E-state index >= 15 is 0 Å². The standard InChI is InChI=1S/C19H39NO2SSi/c1-17(2,3)23(21)20-19(15-9-10-15)13-11-16(12-14-19)22-24(7,8)18(4,5)6/h15-16,20H,9-14H2,1-8H3. The fourth-order valence-corrected chi connectivity index (χ4v) is 5.85. The van der Waals surface area contributed by atoms with Crippen LogP contribution in [-0.2, 0) is 15.8 Å². The summed E-state index contributed by atoms with van der Waals surface area (Å²) >= 11 is -0.981. The maximum atomic E-state index is 12.7. The van der Waals surface area contributed by atoms with Crippen LogP contribution in [0.5, 0.6) is 0 Å². The lowest BCUT2D eigenvalue weighted by Crippen LogP contribution is -2.57. The first-order valence-electron chi connectivity index (χ1n) is 9.64. The maximum Gasteiger partial charge on any atom is 0.192 e. The Morgan fingerprint density at radius 3 is 1.88 bits per heavy atom. The van der Waals surface area contributed by atoms with Crippen molar-refractivity contribution in [2.45, 2.75) is 115 Å². The van der Waals surface area contributed by atoms with Crippen molar-refractivity contribution in [3.8, 4) is 0 Å². The smallest absolute Gasteiger partial charge is 0.192 e. The average Bonchev–Trinajstić information content (AvgIpc) is 3.23. The fourth-order valence-electron chi connectivity index (χ4n) is 3.39. The van der Waals surface area contributed by atoms with Gasteiger partial charge < -0.3 is 8.98 Å². The highest BCUT2D eigenvalue weighted by Crippen LogP contribution is 2.49.